The van der Waals surface area contributed by atoms with Crippen LogP contribution in [0.1, 0.15) is 33.1 Å². The molecule has 4 nitrogen and oxygen atoms in total. The zero-order valence-corrected chi connectivity index (χ0v) is 10.8. The van der Waals surface area contributed by atoms with E-state index < -0.39 is 0 Å². The number of imidazole rings is 1. The summed E-state index contributed by atoms with van der Waals surface area (Å²) in [7, 11) is 0. The van der Waals surface area contributed by atoms with Crippen molar-refractivity contribution in [2.45, 2.75) is 39.2 Å². The highest BCUT2D eigenvalue weighted by atomic mass is 16.1. The Kier molecular flexibility index (Phi) is 2.47. The largest absolute Gasteiger partial charge is 0.382 e. The maximum absolute atomic E-state index is 11.2. The van der Waals surface area contributed by atoms with E-state index in [9.17, 15) is 4.79 Å². The van der Waals surface area contributed by atoms with Gasteiger partial charge in [0.05, 0.1) is 11.0 Å². The molecule has 0 spiro atoms. The summed E-state index contributed by atoms with van der Waals surface area (Å²) in [5, 5.41) is 3.56. The van der Waals surface area contributed by atoms with Gasteiger partial charge in [-0.2, -0.15) is 0 Å². The van der Waals surface area contributed by atoms with Gasteiger partial charge in [-0.1, -0.05) is 13.8 Å². The van der Waals surface area contributed by atoms with Crippen LogP contribution in [0.25, 0.3) is 11.0 Å². The molecule has 1 fully saturated rings. The van der Waals surface area contributed by atoms with Crippen molar-refractivity contribution in [2.24, 2.45) is 5.41 Å². The fourth-order valence-corrected chi connectivity index (χ4v) is 2.92. The van der Waals surface area contributed by atoms with Gasteiger partial charge in [0, 0.05) is 11.7 Å². The third kappa shape index (κ3) is 2.15. The second kappa shape index (κ2) is 3.90. The molecule has 0 amide bonds. The molecule has 0 radical (unpaired) electrons. The summed E-state index contributed by atoms with van der Waals surface area (Å²) in [4.78, 5) is 16.7. The summed E-state index contributed by atoms with van der Waals surface area (Å²) >= 11 is 0. The van der Waals surface area contributed by atoms with E-state index >= 15 is 0 Å². The topological polar surface area (TPSA) is 60.7 Å². The Hall–Kier alpha value is -1.71. The van der Waals surface area contributed by atoms with Gasteiger partial charge in [0.25, 0.3) is 0 Å². The minimum Gasteiger partial charge on any atom is -0.382 e. The summed E-state index contributed by atoms with van der Waals surface area (Å²) in [5.41, 5.74) is 3.11. The summed E-state index contributed by atoms with van der Waals surface area (Å²) in [5.74, 6) is 0. The van der Waals surface area contributed by atoms with E-state index in [0.717, 1.165) is 16.7 Å². The molecule has 0 bridgehead atoms. The molecule has 1 aliphatic rings. The standard InChI is InChI=1S/C14H19N3O/c1-14(2)6-5-10(8-14)15-9-3-4-11-12(7-9)17-13(18)16-11/h3-4,7,10,15H,5-6,8H2,1-2H3,(H2,16,17,18). The van der Waals surface area contributed by atoms with E-state index in [1.807, 2.05) is 18.2 Å². The molecule has 3 N–H and O–H groups in total. The first-order valence-electron chi connectivity index (χ1n) is 6.50. The van der Waals surface area contributed by atoms with Gasteiger partial charge >= 0.3 is 5.69 Å². The van der Waals surface area contributed by atoms with Crippen molar-refractivity contribution in [1.29, 1.82) is 0 Å². The lowest BCUT2D eigenvalue weighted by atomic mass is 9.92. The lowest BCUT2D eigenvalue weighted by Crippen LogP contribution is -2.17. The fourth-order valence-electron chi connectivity index (χ4n) is 2.92. The molecular formula is C14H19N3O. The van der Waals surface area contributed by atoms with Crippen LogP contribution in [0, 0.1) is 5.41 Å². The van der Waals surface area contributed by atoms with Crippen molar-refractivity contribution in [3.63, 3.8) is 0 Å². The van der Waals surface area contributed by atoms with E-state index in [1.165, 1.54) is 19.3 Å². The molecule has 3 rings (SSSR count). The first kappa shape index (κ1) is 11.4. The molecule has 1 heterocycles. The van der Waals surface area contributed by atoms with Gasteiger partial charge in [0.2, 0.25) is 0 Å². The molecule has 96 valence electrons. The number of H-pyrrole nitrogens is 2. The Morgan fingerprint density at radius 3 is 2.78 bits per heavy atom. The lowest BCUT2D eigenvalue weighted by Gasteiger charge is -2.18. The van der Waals surface area contributed by atoms with Crippen molar-refractivity contribution >= 4 is 16.7 Å². The molecule has 1 aromatic carbocycles. The highest BCUT2D eigenvalue weighted by molar-refractivity contribution is 5.78. The minimum atomic E-state index is -0.149. The number of fused-ring (bicyclic) bond motifs is 1. The number of aromatic amines is 2. The van der Waals surface area contributed by atoms with Gasteiger partial charge in [-0.15, -0.1) is 0 Å². The van der Waals surface area contributed by atoms with Crippen LogP contribution in [0.3, 0.4) is 0 Å². The Bertz CT molecular complexity index is 623. The maximum Gasteiger partial charge on any atom is 0.323 e. The predicted octanol–water partition coefficient (Wildman–Crippen LogP) is 2.85. The van der Waals surface area contributed by atoms with Crippen molar-refractivity contribution < 1.29 is 0 Å². The third-order valence-corrected chi connectivity index (χ3v) is 3.86. The average molecular weight is 245 g/mol. The highest BCUT2D eigenvalue weighted by Gasteiger charge is 2.30. The first-order valence-corrected chi connectivity index (χ1v) is 6.50. The Balaban J connectivity index is 1.81. The molecule has 1 unspecified atom stereocenters. The number of hydrogen-bond donors (Lipinski definition) is 3. The van der Waals surface area contributed by atoms with Gasteiger partial charge < -0.3 is 15.3 Å². The fraction of sp³-hybridized carbons (Fsp3) is 0.500. The van der Waals surface area contributed by atoms with Gasteiger partial charge in [0.1, 0.15) is 0 Å². The SMILES string of the molecule is CC1(C)CCC(Nc2ccc3[nH]c(=O)[nH]c3c2)C1. The monoisotopic (exact) mass is 245 g/mol. The molecular weight excluding hydrogens is 226 g/mol. The van der Waals surface area contributed by atoms with Crippen LogP contribution in [0.4, 0.5) is 5.69 Å². The number of rotatable bonds is 2. The van der Waals surface area contributed by atoms with E-state index in [0.29, 0.717) is 11.5 Å². The number of anilines is 1. The summed E-state index contributed by atoms with van der Waals surface area (Å²) in [6.07, 6.45) is 3.69. The van der Waals surface area contributed by atoms with E-state index in [1.54, 1.807) is 0 Å². The zero-order chi connectivity index (χ0) is 12.8. The number of hydrogen-bond acceptors (Lipinski definition) is 2. The Morgan fingerprint density at radius 2 is 2.06 bits per heavy atom. The van der Waals surface area contributed by atoms with Crippen LogP contribution in [-0.2, 0) is 0 Å². The Labute approximate surface area is 106 Å². The van der Waals surface area contributed by atoms with E-state index in [-0.39, 0.29) is 5.69 Å². The molecule has 18 heavy (non-hydrogen) atoms. The van der Waals surface area contributed by atoms with Crippen LogP contribution < -0.4 is 11.0 Å². The zero-order valence-electron chi connectivity index (χ0n) is 10.8. The lowest BCUT2D eigenvalue weighted by molar-refractivity contribution is 0.378. The van der Waals surface area contributed by atoms with Crippen LogP contribution >= 0.6 is 0 Å². The molecule has 1 aliphatic carbocycles. The van der Waals surface area contributed by atoms with Crippen LogP contribution in [-0.4, -0.2) is 16.0 Å². The van der Waals surface area contributed by atoms with Crippen molar-refractivity contribution in [1.82, 2.24) is 9.97 Å². The van der Waals surface area contributed by atoms with E-state index in [2.05, 4.69) is 29.1 Å². The maximum atomic E-state index is 11.2. The van der Waals surface area contributed by atoms with Gasteiger partial charge in [-0.3, -0.25) is 0 Å². The van der Waals surface area contributed by atoms with Gasteiger partial charge in [-0.05, 0) is 42.9 Å². The molecule has 1 atom stereocenters. The first-order chi connectivity index (χ1) is 8.52. The molecule has 0 aliphatic heterocycles. The summed E-state index contributed by atoms with van der Waals surface area (Å²) < 4.78 is 0. The van der Waals surface area contributed by atoms with E-state index in [4.69, 9.17) is 0 Å². The van der Waals surface area contributed by atoms with Crippen molar-refractivity contribution in [3.8, 4) is 0 Å². The quantitative estimate of drug-likeness (QED) is 0.762. The van der Waals surface area contributed by atoms with Crippen LogP contribution in [0.15, 0.2) is 23.0 Å². The normalized spacial score (nSPS) is 22.4. The number of aromatic nitrogens is 2. The van der Waals surface area contributed by atoms with Crippen LogP contribution in [0.2, 0.25) is 0 Å². The third-order valence-electron chi connectivity index (χ3n) is 3.86. The minimum absolute atomic E-state index is 0.149. The molecule has 0 saturated heterocycles. The highest BCUT2D eigenvalue weighted by Crippen LogP contribution is 2.38. The second-order valence-corrected chi connectivity index (χ2v) is 6.09. The molecule has 2 aromatic rings. The smallest absolute Gasteiger partial charge is 0.323 e. The second-order valence-electron chi connectivity index (χ2n) is 6.09. The van der Waals surface area contributed by atoms with Gasteiger partial charge in [-0.25, -0.2) is 4.79 Å². The Morgan fingerprint density at radius 1 is 1.28 bits per heavy atom. The summed E-state index contributed by atoms with van der Waals surface area (Å²) in [6.45, 7) is 4.64. The number of nitrogens with one attached hydrogen (secondary N) is 3. The van der Waals surface area contributed by atoms with Crippen molar-refractivity contribution in [3.05, 3.63) is 28.7 Å². The molecule has 1 aromatic heterocycles. The molecule has 1 saturated carbocycles. The van der Waals surface area contributed by atoms with Crippen LogP contribution in [0.5, 0.6) is 0 Å². The van der Waals surface area contributed by atoms with Gasteiger partial charge in [0.15, 0.2) is 0 Å². The predicted molar refractivity (Wildman–Crippen MR) is 74.0 cm³/mol. The summed E-state index contributed by atoms with van der Waals surface area (Å²) in [6, 6.07) is 6.51. The number of benzene rings is 1. The van der Waals surface area contributed by atoms with Crippen molar-refractivity contribution in [2.75, 3.05) is 5.32 Å². The average Bonchev–Trinajstić information content (AvgIpc) is 2.80. The molecule has 4 heteroatoms.